The summed E-state index contributed by atoms with van der Waals surface area (Å²) in [7, 11) is -0.554. The fraction of sp³-hybridized carbons (Fsp3) is 0.400. The highest BCUT2D eigenvalue weighted by atomic mass is 35.5. The highest BCUT2D eigenvalue weighted by Crippen LogP contribution is 2.33. The molecule has 0 aliphatic rings. The second-order valence-electron chi connectivity index (χ2n) is 6.82. The molecule has 0 bridgehead atoms. The Balaban J connectivity index is 0.00000126. The average Bonchev–Trinajstić information content (AvgIpc) is 3.02. The summed E-state index contributed by atoms with van der Waals surface area (Å²) in [4.78, 5) is 8.79. The minimum absolute atomic E-state index is 0.212. The molecule has 0 unspecified atom stereocenters. The number of hydrogen-bond acceptors (Lipinski definition) is 4. The number of fused-ring (bicyclic) bond motifs is 1. The van der Waals surface area contributed by atoms with Gasteiger partial charge in [-0.05, 0) is 48.6 Å². The van der Waals surface area contributed by atoms with Crippen LogP contribution in [0.25, 0.3) is 22.3 Å². The molecule has 0 amide bonds. The largest absolute Gasteiger partial charge is 0.399 e. The smallest absolute Gasteiger partial charge is 0.224 e. The van der Waals surface area contributed by atoms with Crippen molar-refractivity contribution >= 4 is 38.3 Å². The molecule has 1 aromatic carbocycles. The van der Waals surface area contributed by atoms with Gasteiger partial charge in [-0.15, -0.1) is 0 Å². The molecule has 0 saturated heterocycles. The number of ether oxygens (including phenoxy) is 1. The van der Waals surface area contributed by atoms with Gasteiger partial charge in [-0.2, -0.15) is 4.98 Å². The quantitative estimate of drug-likeness (QED) is 0.353. The predicted octanol–water partition coefficient (Wildman–Crippen LogP) is 5.03. The first-order valence-electron chi connectivity index (χ1n) is 8.95. The van der Waals surface area contributed by atoms with Crippen LogP contribution < -0.4 is 5.73 Å². The lowest BCUT2D eigenvalue weighted by Crippen LogP contribution is -2.09. The van der Waals surface area contributed by atoms with Gasteiger partial charge >= 0.3 is 0 Å². The highest BCUT2D eigenvalue weighted by Gasteiger charge is 2.13. The molecular formula is C20H29ClN4OS. The maximum Gasteiger partial charge on any atom is 0.224 e. The van der Waals surface area contributed by atoms with Crippen LogP contribution in [0.2, 0.25) is 5.28 Å². The van der Waals surface area contributed by atoms with Crippen molar-refractivity contribution in [2.45, 2.75) is 20.6 Å². The van der Waals surface area contributed by atoms with Crippen LogP contribution in [0.3, 0.4) is 0 Å². The van der Waals surface area contributed by atoms with E-state index in [9.17, 15) is 0 Å². The van der Waals surface area contributed by atoms with E-state index in [1.807, 2.05) is 54.9 Å². The summed E-state index contributed by atoms with van der Waals surface area (Å²) in [5.41, 5.74) is 9.05. The maximum absolute atomic E-state index is 6.16. The molecule has 0 fully saturated rings. The first kappa shape index (κ1) is 21.5. The zero-order valence-electron chi connectivity index (χ0n) is 16.7. The Morgan fingerprint density at radius 1 is 1.15 bits per heavy atom. The molecule has 0 saturated carbocycles. The van der Waals surface area contributed by atoms with Crippen LogP contribution in [-0.2, 0) is 11.5 Å². The van der Waals surface area contributed by atoms with Crippen molar-refractivity contribution in [2.24, 2.45) is 0 Å². The zero-order valence-corrected chi connectivity index (χ0v) is 18.3. The number of halogens is 1. The maximum atomic E-state index is 6.16. The fourth-order valence-electron chi connectivity index (χ4n) is 2.52. The molecule has 2 aromatic heterocycles. The summed E-state index contributed by atoms with van der Waals surface area (Å²) in [6, 6.07) is 9.59. The third-order valence-electron chi connectivity index (χ3n) is 3.82. The minimum atomic E-state index is -0.554. The molecular weight excluding hydrogens is 380 g/mol. The summed E-state index contributed by atoms with van der Waals surface area (Å²) < 4.78 is 7.78. The molecule has 3 rings (SSSR count). The molecule has 5 nitrogen and oxygen atoms in total. The van der Waals surface area contributed by atoms with Gasteiger partial charge in [-0.3, -0.25) is 0 Å². The van der Waals surface area contributed by atoms with E-state index in [1.54, 1.807) is 0 Å². The van der Waals surface area contributed by atoms with Crippen LogP contribution in [0, 0.1) is 0 Å². The molecule has 2 heterocycles. The van der Waals surface area contributed by atoms with Gasteiger partial charge < -0.3 is 15.0 Å². The van der Waals surface area contributed by atoms with Crippen LogP contribution in [0.1, 0.15) is 13.8 Å². The Hall–Kier alpha value is -1.76. The molecule has 7 heteroatoms. The zero-order chi connectivity index (χ0) is 20.0. The lowest BCUT2D eigenvalue weighted by Gasteiger charge is -2.24. The van der Waals surface area contributed by atoms with Crippen LogP contribution in [-0.4, -0.2) is 45.7 Å². The van der Waals surface area contributed by atoms with E-state index in [4.69, 9.17) is 22.1 Å². The van der Waals surface area contributed by atoms with Crippen molar-refractivity contribution in [1.82, 2.24) is 14.5 Å². The topological polar surface area (TPSA) is 66.0 Å². The second kappa shape index (κ2) is 9.44. The standard InChI is InChI=1S/C18H23ClN4OS.C2H6/c1-25(2,3)10-9-24-12-23-8-7-15-16(21-18(19)22-17(15)23)13-5-4-6-14(20)11-13;1-2/h4-8,11H,9-10,12,20H2,1-3H3;1-2H3. The van der Waals surface area contributed by atoms with E-state index in [1.165, 1.54) is 0 Å². The third kappa shape index (κ3) is 5.86. The summed E-state index contributed by atoms with van der Waals surface area (Å²) >= 11 is 6.16. The van der Waals surface area contributed by atoms with Gasteiger partial charge in [0.15, 0.2) is 0 Å². The second-order valence-corrected chi connectivity index (χ2v) is 11.7. The van der Waals surface area contributed by atoms with E-state index in [-0.39, 0.29) is 5.28 Å². The average molecular weight is 409 g/mol. The number of benzene rings is 1. The Morgan fingerprint density at radius 3 is 2.56 bits per heavy atom. The first-order chi connectivity index (χ1) is 12.8. The van der Waals surface area contributed by atoms with E-state index in [2.05, 4.69) is 28.7 Å². The summed E-state index contributed by atoms with van der Waals surface area (Å²) in [5, 5.41) is 1.14. The van der Waals surface area contributed by atoms with Crippen molar-refractivity contribution in [1.29, 1.82) is 0 Å². The van der Waals surface area contributed by atoms with Crippen molar-refractivity contribution in [3.8, 4) is 11.3 Å². The van der Waals surface area contributed by atoms with Gasteiger partial charge in [-0.25, -0.2) is 15.0 Å². The Kier molecular flexibility index (Phi) is 7.53. The van der Waals surface area contributed by atoms with Gasteiger partial charge in [-0.1, -0.05) is 26.0 Å². The SMILES string of the molecule is CC.CS(C)(C)CCOCn1ccc2c(-c3cccc(N)c3)nc(Cl)nc21. The lowest BCUT2D eigenvalue weighted by molar-refractivity contribution is 0.0923. The summed E-state index contributed by atoms with van der Waals surface area (Å²) in [6.07, 6.45) is 8.81. The van der Waals surface area contributed by atoms with Gasteiger partial charge in [0.05, 0.1) is 12.3 Å². The molecule has 27 heavy (non-hydrogen) atoms. The normalized spacial score (nSPS) is 11.9. The van der Waals surface area contributed by atoms with Crippen LogP contribution in [0.15, 0.2) is 36.5 Å². The number of nitrogen functional groups attached to an aromatic ring is 1. The molecule has 0 atom stereocenters. The number of nitrogens with zero attached hydrogens (tertiary/aromatic N) is 3. The molecule has 0 spiro atoms. The van der Waals surface area contributed by atoms with Crippen molar-refractivity contribution in [3.63, 3.8) is 0 Å². The van der Waals surface area contributed by atoms with Crippen LogP contribution >= 0.6 is 21.6 Å². The molecule has 0 radical (unpaired) electrons. The number of nitrogens with two attached hydrogens (primary N) is 1. The Bertz CT molecular complexity index is 889. The summed E-state index contributed by atoms with van der Waals surface area (Å²) in [5.74, 6) is 1.08. The number of anilines is 1. The molecule has 148 valence electrons. The third-order valence-corrected chi connectivity index (χ3v) is 5.38. The van der Waals surface area contributed by atoms with Gasteiger partial charge in [0.2, 0.25) is 5.28 Å². The van der Waals surface area contributed by atoms with Crippen molar-refractivity contribution in [3.05, 3.63) is 41.8 Å². The Labute approximate surface area is 168 Å². The molecule has 0 aliphatic heterocycles. The summed E-state index contributed by atoms with van der Waals surface area (Å²) in [6.45, 7) is 5.18. The van der Waals surface area contributed by atoms with Gasteiger partial charge in [0.25, 0.3) is 0 Å². The van der Waals surface area contributed by atoms with Crippen LogP contribution in [0.5, 0.6) is 0 Å². The number of aromatic nitrogens is 3. The van der Waals surface area contributed by atoms with E-state index < -0.39 is 10.0 Å². The first-order valence-corrected chi connectivity index (χ1v) is 12.4. The highest BCUT2D eigenvalue weighted by molar-refractivity contribution is 8.32. The molecule has 2 N–H and O–H groups in total. The Morgan fingerprint density at radius 2 is 1.89 bits per heavy atom. The van der Waals surface area contributed by atoms with E-state index >= 15 is 0 Å². The monoisotopic (exact) mass is 408 g/mol. The fourth-order valence-corrected chi connectivity index (χ4v) is 3.30. The van der Waals surface area contributed by atoms with E-state index in [0.717, 1.165) is 34.7 Å². The van der Waals surface area contributed by atoms with Crippen molar-refractivity contribution in [2.75, 3.05) is 36.9 Å². The number of rotatable bonds is 6. The van der Waals surface area contributed by atoms with Crippen LogP contribution in [0.4, 0.5) is 5.69 Å². The van der Waals surface area contributed by atoms with E-state index in [0.29, 0.717) is 12.4 Å². The molecule has 3 aromatic rings. The predicted molar refractivity (Wildman–Crippen MR) is 120 cm³/mol. The van der Waals surface area contributed by atoms with Gasteiger partial charge in [0, 0.05) is 28.6 Å². The lowest BCUT2D eigenvalue weighted by atomic mass is 10.1. The minimum Gasteiger partial charge on any atom is -0.399 e. The number of hydrogen-bond donors (Lipinski definition) is 1. The van der Waals surface area contributed by atoms with Gasteiger partial charge in [0.1, 0.15) is 12.4 Å². The van der Waals surface area contributed by atoms with Crippen molar-refractivity contribution < 1.29 is 4.74 Å². The molecule has 0 aliphatic carbocycles.